The number of alkyl halides is 3. The quantitative estimate of drug-likeness (QED) is 0.837. The highest BCUT2D eigenvalue weighted by molar-refractivity contribution is 5.25. The fourth-order valence-electron chi connectivity index (χ4n) is 1.74. The van der Waals surface area contributed by atoms with E-state index in [0.29, 0.717) is 12.3 Å². The number of rotatable bonds is 5. The average Bonchev–Trinajstić information content (AvgIpc) is 2.25. The minimum Gasteiger partial charge on any atom is -0.317 e. The van der Waals surface area contributed by atoms with Gasteiger partial charge in [-0.1, -0.05) is 32.0 Å². The van der Waals surface area contributed by atoms with E-state index < -0.39 is 11.7 Å². The SMILES string of the molecule is CCNCC(C)Cc1cccc(C(F)(F)F)c1. The molecule has 0 fully saturated rings. The van der Waals surface area contributed by atoms with E-state index in [1.54, 1.807) is 6.07 Å². The molecule has 0 saturated carbocycles. The largest absolute Gasteiger partial charge is 0.416 e. The summed E-state index contributed by atoms with van der Waals surface area (Å²) in [4.78, 5) is 0. The molecule has 1 aromatic carbocycles. The fraction of sp³-hybridized carbons (Fsp3) is 0.538. The highest BCUT2D eigenvalue weighted by Crippen LogP contribution is 2.29. The van der Waals surface area contributed by atoms with Gasteiger partial charge in [0, 0.05) is 0 Å². The van der Waals surface area contributed by atoms with Gasteiger partial charge >= 0.3 is 6.18 Å². The Morgan fingerprint density at radius 1 is 1.29 bits per heavy atom. The number of hydrogen-bond acceptors (Lipinski definition) is 1. The Morgan fingerprint density at radius 2 is 2.00 bits per heavy atom. The van der Waals surface area contributed by atoms with Crippen LogP contribution < -0.4 is 5.32 Å². The summed E-state index contributed by atoms with van der Waals surface area (Å²) in [6.07, 6.45) is -3.59. The molecule has 0 spiro atoms. The van der Waals surface area contributed by atoms with Crippen LogP contribution in [-0.4, -0.2) is 13.1 Å². The Kier molecular flexibility index (Phi) is 5.00. The van der Waals surface area contributed by atoms with Crippen molar-refractivity contribution < 1.29 is 13.2 Å². The summed E-state index contributed by atoms with van der Waals surface area (Å²) in [6.45, 7) is 5.75. The van der Waals surface area contributed by atoms with Crippen molar-refractivity contribution in [1.82, 2.24) is 5.32 Å². The Balaban J connectivity index is 2.66. The third kappa shape index (κ3) is 4.77. The zero-order chi connectivity index (χ0) is 12.9. The van der Waals surface area contributed by atoms with Crippen LogP contribution in [0.5, 0.6) is 0 Å². The molecule has 1 aromatic rings. The summed E-state index contributed by atoms with van der Waals surface area (Å²) < 4.78 is 37.5. The summed E-state index contributed by atoms with van der Waals surface area (Å²) in [5.74, 6) is 0.332. The highest BCUT2D eigenvalue weighted by atomic mass is 19.4. The first kappa shape index (κ1) is 14.0. The Morgan fingerprint density at radius 3 is 2.59 bits per heavy atom. The second kappa shape index (κ2) is 6.05. The van der Waals surface area contributed by atoms with Crippen LogP contribution in [0.3, 0.4) is 0 Å². The molecule has 0 aliphatic heterocycles. The summed E-state index contributed by atoms with van der Waals surface area (Å²) in [5.41, 5.74) is 0.177. The number of halogens is 3. The van der Waals surface area contributed by atoms with Crippen LogP contribution in [0.15, 0.2) is 24.3 Å². The Bertz CT molecular complexity index is 347. The van der Waals surface area contributed by atoms with Gasteiger partial charge in [0.1, 0.15) is 0 Å². The molecule has 0 bridgehead atoms. The van der Waals surface area contributed by atoms with Crippen molar-refractivity contribution in [3.05, 3.63) is 35.4 Å². The normalized spacial score (nSPS) is 13.7. The first-order chi connectivity index (χ1) is 7.93. The first-order valence-electron chi connectivity index (χ1n) is 5.80. The van der Waals surface area contributed by atoms with Crippen LogP contribution in [0.2, 0.25) is 0 Å². The van der Waals surface area contributed by atoms with Gasteiger partial charge in [-0.15, -0.1) is 0 Å². The van der Waals surface area contributed by atoms with Gasteiger partial charge in [-0.3, -0.25) is 0 Å². The lowest BCUT2D eigenvalue weighted by Crippen LogP contribution is -2.22. The summed E-state index contributed by atoms with van der Waals surface area (Å²) in [6, 6.07) is 5.57. The Hall–Kier alpha value is -1.03. The van der Waals surface area contributed by atoms with E-state index in [1.165, 1.54) is 12.1 Å². The number of nitrogens with one attached hydrogen (secondary N) is 1. The van der Waals surface area contributed by atoms with Crippen LogP contribution in [0.4, 0.5) is 13.2 Å². The molecule has 0 aliphatic carbocycles. The van der Waals surface area contributed by atoms with Gasteiger partial charge in [-0.05, 0) is 37.1 Å². The van der Waals surface area contributed by atoms with E-state index in [9.17, 15) is 13.2 Å². The maximum Gasteiger partial charge on any atom is 0.416 e. The van der Waals surface area contributed by atoms with E-state index in [0.717, 1.165) is 24.7 Å². The second-order valence-corrected chi connectivity index (χ2v) is 4.32. The van der Waals surface area contributed by atoms with Gasteiger partial charge in [-0.2, -0.15) is 13.2 Å². The van der Waals surface area contributed by atoms with Crippen LogP contribution >= 0.6 is 0 Å². The third-order valence-electron chi connectivity index (χ3n) is 2.58. The van der Waals surface area contributed by atoms with Crippen molar-refractivity contribution in [1.29, 1.82) is 0 Å². The van der Waals surface area contributed by atoms with Crippen LogP contribution in [0.25, 0.3) is 0 Å². The monoisotopic (exact) mass is 245 g/mol. The molecule has 0 amide bonds. The van der Waals surface area contributed by atoms with Crippen molar-refractivity contribution in [2.75, 3.05) is 13.1 Å². The molecule has 0 heterocycles. The van der Waals surface area contributed by atoms with Gasteiger partial charge in [0.25, 0.3) is 0 Å². The smallest absolute Gasteiger partial charge is 0.317 e. The van der Waals surface area contributed by atoms with Crippen molar-refractivity contribution >= 4 is 0 Å². The van der Waals surface area contributed by atoms with Crippen LogP contribution in [0, 0.1) is 5.92 Å². The van der Waals surface area contributed by atoms with Crippen LogP contribution in [-0.2, 0) is 12.6 Å². The lowest BCUT2D eigenvalue weighted by Gasteiger charge is -2.13. The van der Waals surface area contributed by atoms with Gasteiger partial charge in [0.2, 0.25) is 0 Å². The molecule has 1 rings (SSSR count). The lowest BCUT2D eigenvalue weighted by atomic mass is 9.99. The van der Waals surface area contributed by atoms with E-state index in [4.69, 9.17) is 0 Å². The van der Waals surface area contributed by atoms with Crippen molar-refractivity contribution in [3.8, 4) is 0 Å². The van der Waals surface area contributed by atoms with Gasteiger partial charge in [0.15, 0.2) is 0 Å². The predicted octanol–water partition coefficient (Wildman–Crippen LogP) is 3.49. The van der Waals surface area contributed by atoms with Gasteiger partial charge in [0.05, 0.1) is 5.56 Å². The molecule has 0 radical (unpaired) electrons. The van der Waals surface area contributed by atoms with Crippen molar-refractivity contribution in [3.63, 3.8) is 0 Å². The van der Waals surface area contributed by atoms with E-state index in [1.807, 2.05) is 13.8 Å². The second-order valence-electron chi connectivity index (χ2n) is 4.32. The molecule has 17 heavy (non-hydrogen) atoms. The standard InChI is InChI=1S/C13H18F3N/c1-3-17-9-10(2)7-11-5-4-6-12(8-11)13(14,15)16/h4-6,8,10,17H,3,7,9H2,1-2H3. The average molecular weight is 245 g/mol. The highest BCUT2D eigenvalue weighted by Gasteiger charge is 2.30. The summed E-state index contributed by atoms with van der Waals surface area (Å²) in [7, 11) is 0. The lowest BCUT2D eigenvalue weighted by molar-refractivity contribution is -0.137. The molecular weight excluding hydrogens is 227 g/mol. The molecule has 1 nitrogen and oxygen atoms in total. The topological polar surface area (TPSA) is 12.0 Å². The number of hydrogen-bond donors (Lipinski definition) is 1. The van der Waals surface area contributed by atoms with Crippen molar-refractivity contribution in [2.45, 2.75) is 26.4 Å². The molecular formula is C13H18F3N. The Labute approximate surface area is 100 Å². The third-order valence-corrected chi connectivity index (χ3v) is 2.58. The molecule has 96 valence electrons. The summed E-state index contributed by atoms with van der Waals surface area (Å²) in [5, 5.41) is 3.19. The van der Waals surface area contributed by atoms with Gasteiger partial charge in [-0.25, -0.2) is 0 Å². The fourth-order valence-corrected chi connectivity index (χ4v) is 1.74. The molecule has 1 unspecified atom stereocenters. The molecule has 0 aliphatic rings. The van der Waals surface area contributed by atoms with E-state index in [2.05, 4.69) is 5.32 Å². The first-order valence-corrected chi connectivity index (χ1v) is 5.80. The minimum absolute atomic E-state index is 0.332. The van der Waals surface area contributed by atoms with Crippen molar-refractivity contribution in [2.24, 2.45) is 5.92 Å². The predicted molar refractivity (Wildman–Crippen MR) is 62.9 cm³/mol. The molecule has 0 saturated heterocycles. The molecule has 1 N–H and O–H groups in total. The maximum absolute atomic E-state index is 12.5. The van der Waals surface area contributed by atoms with E-state index in [-0.39, 0.29) is 0 Å². The minimum atomic E-state index is -4.25. The molecule has 0 aromatic heterocycles. The molecule has 4 heteroatoms. The summed E-state index contributed by atoms with van der Waals surface area (Å²) >= 11 is 0. The van der Waals surface area contributed by atoms with E-state index >= 15 is 0 Å². The molecule has 1 atom stereocenters. The van der Waals surface area contributed by atoms with Crippen LogP contribution in [0.1, 0.15) is 25.0 Å². The zero-order valence-corrected chi connectivity index (χ0v) is 10.1. The van der Waals surface area contributed by atoms with Gasteiger partial charge < -0.3 is 5.32 Å². The number of benzene rings is 1. The zero-order valence-electron chi connectivity index (χ0n) is 10.1. The maximum atomic E-state index is 12.5.